The largest absolute Gasteiger partial charge is 0.472 e. The number of rotatable bonds is 63. The highest BCUT2D eigenvalue weighted by Crippen LogP contribution is 2.45. The van der Waals surface area contributed by atoms with Crippen molar-refractivity contribution in [2.45, 2.75) is 283 Å². The summed E-state index contributed by atoms with van der Waals surface area (Å²) in [5.74, 6) is -1.61. The standard InChI is InChI=1S/C69H120O16P2/c1-4-7-10-13-16-19-22-25-27-29-31-33-35-38-40-43-46-49-52-55-67(72)79-58-64(70)59-81-86(75,76)82-60-65(71)61-83-87(77,78)84-63-66(85-69(74)57-54-51-48-45-42-37-24-21-18-15-12-9-6-3)62-80-68(73)56-53-50-47-44-41-39-36-34-32-30-28-26-23-20-17-14-11-8-5-2/h7,10,16-17,19-21,24-28,31-34,64-66,70-71H,4-6,8-9,11-15,18,22-23,29-30,35-63H2,1-3H3,(H,75,76)(H,77,78)/b10-7-,19-16-,20-17-,24-21-,27-25-,28-26-,33-31-,34-32-. The lowest BCUT2D eigenvalue weighted by molar-refractivity contribution is -0.161. The normalized spacial score (nSPS) is 14.9. The van der Waals surface area contributed by atoms with E-state index in [1.54, 1.807) is 0 Å². The molecule has 0 aliphatic carbocycles. The number of aliphatic hydroxyl groups excluding tert-OH is 2. The van der Waals surface area contributed by atoms with Crippen molar-refractivity contribution in [3.63, 3.8) is 0 Å². The molecule has 0 fully saturated rings. The van der Waals surface area contributed by atoms with Crippen molar-refractivity contribution < 1.29 is 75.8 Å². The second kappa shape index (κ2) is 62.7. The number of ether oxygens (including phenoxy) is 3. The van der Waals surface area contributed by atoms with E-state index in [1.807, 2.05) is 0 Å². The Labute approximate surface area is 527 Å². The molecule has 87 heavy (non-hydrogen) atoms. The molecule has 0 radical (unpaired) electrons. The maximum absolute atomic E-state index is 12.9. The summed E-state index contributed by atoms with van der Waals surface area (Å²) in [6.07, 6.45) is 67.4. The second-order valence-electron chi connectivity index (χ2n) is 22.2. The molecule has 0 aliphatic rings. The van der Waals surface area contributed by atoms with Gasteiger partial charge in [-0.15, -0.1) is 0 Å². The third-order valence-electron chi connectivity index (χ3n) is 13.8. The Morgan fingerprint density at radius 1 is 0.333 bits per heavy atom. The van der Waals surface area contributed by atoms with Crippen LogP contribution in [0.4, 0.5) is 0 Å². The van der Waals surface area contributed by atoms with Crippen LogP contribution in [0.3, 0.4) is 0 Å². The first-order valence-electron chi connectivity index (χ1n) is 33.5. The lowest BCUT2D eigenvalue weighted by Gasteiger charge is -2.21. The lowest BCUT2D eigenvalue weighted by atomic mass is 10.1. The fraction of sp³-hybridized carbons (Fsp3) is 0.725. The van der Waals surface area contributed by atoms with Crippen LogP contribution >= 0.6 is 15.6 Å². The fourth-order valence-corrected chi connectivity index (χ4v) is 10.2. The Hall–Kier alpha value is -3.53. The van der Waals surface area contributed by atoms with Gasteiger partial charge in [0.1, 0.15) is 25.4 Å². The van der Waals surface area contributed by atoms with Crippen molar-refractivity contribution >= 4 is 33.6 Å². The highest BCUT2D eigenvalue weighted by atomic mass is 31.2. The first kappa shape index (κ1) is 83.5. The van der Waals surface area contributed by atoms with Gasteiger partial charge in [-0.25, -0.2) is 9.13 Å². The fourth-order valence-electron chi connectivity index (χ4n) is 8.62. The van der Waals surface area contributed by atoms with E-state index >= 15 is 0 Å². The van der Waals surface area contributed by atoms with Crippen molar-refractivity contribution in [3.8, 4) is 0 Å². The average Bonchev–Trinajstić information content (AvgIpc) is 3.63. The van der Waals surface area contributed by atoms with E-state index in [0.29, 0.717) is 19.3 Å². The minimum Gasteiger partial charge on any atom is -0.463 e. The second-order valence-corrected chi connectivity index (χ2v) is 25.1. The summed E-state index contributed by atoms with van der Waals surface area (Å²) in [5.41, 5.74) is 0. The molecule has 0 aliphatic heterocycles. The molecule has 0 spiro atoms. The smallest absolute Gasteiger partial charge is 0.463 e. The van der Waals surface area contributed by atoms with Crippen LogP contribution < -0.4 is 0 Å². The van der Waals surface area contributed by atoms with Crippen LogP contribution in [0.25, 0.3) is 0 Å². The van der Waals surface area contributed by atoms with Gasteiger partial charge in [0.05, 0.1) is 26.4 Å². The SMILES string of the molecule is CC/C=C\C/C=C\C/C=C\C/C=C\CCCCCCCCC(=O)OCC(O)COP(=O)(O)OCC(O)COP(=O)(O)OCC(COC(=O)CCCCCCCC/C=C\C/C=C\C/C=C\CCCCC)OC(=O)CCCCCCC/C=C\CCCCCC. The number of allylic oxidation sites excluding steroid dienone is 16. The molecule has 0 saturated heterocycles. The van der Waals surface area contributed by atoms with Gasteiger partial charge < -0.3 is 34.2 Å². The molecule has 0 aromatic heterocycles. The van der Waals surface area contributed by atoms with Gasteiger partial charge in [-0.3, -0.25) is 32.5 Å². The number of carbonyl (C=O) groups is 3. The van der Waals surface area contributed by atoms with E-state index < -0.39 is 91.5 Å². The summed E-state index contributed by atoms with van der Waals surface area (Å²) in [7, 11) is -9.78. The Balaban J connectivity index is 4.68. The summed E-state index contributed by atoms with van der Waals surface area (Å²) in [6.45, 7) is 2.47. The Kier molecular flexibility index (Phi) is 60.1. The van der Waals surface area contributed by atoms with Gasteiger partial charge in [-0.1, -0.05) is 221 Å². The van der Waals surface area contributed by atoms with Gasteiger partial charge in [0, 0.05) is 19.3 Å². The summed E-state index contributed by atoms with van der Waals surface area (Å²) in [5, 5.41) is 20.5. The van der Waals surface area contributed by atoms with E-state index in [9.17, 15) is 43.5 Å². The monoisotopic (exact) mass is 1270 g/mol. The topological polar surface area (TPSA) is 231 Å². The first-order chi connectivity index (χ1) is 42.2. The van der Waals surface area contributed by atoms with Gasteiger partial charge in [0.2, 0.25) is 0 Å². The summed E-state index contributed by atoms with van der Waals surface area (Å²) in [4.78, 5) is 58.3. The first-order valence-corrected chi connectivity index (χ1v) is 36.5. The van der Waals surface area contributed by atoms with Crippen molar-refractivity contribution in [3.05, 3.63) is 97.2 Å². The van der Waals surface area contributed by atoms with Crippen molar-refractivity contribution in [2.75, 3.05) is 39.6 Å². The number of hydrogen-bond acceptors (Lipinski definition) is 14. The molecule has 0 amide bonds. The predicted molar refractivity (Wildman–Crippen MR) is 353 cm³/mol. The third kappa shape index (κ3) is 63.8. The molecule has 5 unspecified atom stereocenters. The van der Waals surface area contributed by atoms with E-state index in [1.165, 1.54) is 44.9 Å². The highest BCUT2D eigenvalue weighted by molar-refractivity contribution is 7.47. The van der Waals surface area contributed by atoms with Crippen molar-refractivity contribution in [2.24, 2.45) is 0 Å². The van der Waals surface area contributed by atoms with Gasteiger partial charge in [0.25, 0.3) is 0 Å². The van der Waals surface area contributed by atoms with Gasteiger partial charge in [-0.2, -0.15) is 0 Å². The Morgan fingerprint density at radius 3 is 1.00 bits per heavy atom. The summed E-state index contributed by atoms with van der Waals surface area (Å²) in [6, 6.07) is 0. The van der Waals surface area contributed by atoms with Crippen molar-refractivity contribution in [1.29, 1.82) is 0 Å². The lowest BCUT2D eigenvalue weighted by Crippen LogP contribution is -2.30. The molecule has 4 N–H and O–H groups in total. The number of carbonyl (C=O) groups excluding carboxylic acids is 3. The molecular weight excluding hydrogens is 1150 g/mol. The number of hydrogen-bond donors (Lipinski definition) is 4. The van der Waals surface area contributed by atoms with Crippen molar-refractivity contribution in [1.82, 2.24) is 0 Å². The molecule has 0 heterocycles. The van der Waals surface area contributed by atoms with E-state index in [0.717, 1.165) is 161 Å². The Bertz CT molecular complexity index is 1980. The van der Waals surface area contributed by atoms with Crippen LogP contribution in [-0.4, -0.2) is 95.9 Å². The van der Waals surface area contributed by atoms with Crippen LogP contribution in [0.1, 0.15) is 265 Å². The highest BCUT2D eigenvalue weighted by Gasteiger charge is 2.29. The zero-order valence-corrected chi connectivity index (χ0v) is 56.0. The molecule has 18 heteroatoms. The predicted octanol–water partition coefficient (Wildman–Crippen LogP) is 18.3. The average molecular weight is 1270 g/mol. The molecule has 0 bridgehead atoms. The van der Waals surface area contributed by atoms with Gasteiger partial charge in [-0.05, 0) is 122 Å². The molecule has 16 nitrogen and oxygen atoms in total. The quantitative estimate of drug-likeness (QED) is 0.0146. The summed E-state index contributed by atoms with van der Waals surface area (Å²) >= 11 is 0. The minimum atomic E-state index is -4.93. The number of phosphoric ester groups is 2. The maximum atomic E-state index is 12.9. The van der Waals surface area contributed by atoms with Crippen LogP contribution in [0.2, 0.25) is 0 Å². The van der Waals surface area contributed by atoms with Crippen LogP contribution in [0.15, 0.2) is 97.2 Å². The maximum Gasteiger partial charge on any atom is 0.472 e. The zero-order valence-electron chi connectivity index (χ0n) is 54.2. The summed E-state index contributed by atoms with van der Waals surface area (Å²) < 4.78 is 60.8. The molecule has 0 aromatic rings. The third-order valence-corrected chi connectivity index (χ3v) is 15.7. The molecule has 0 rings (SSSR count). The van der Waals surface area contributed by atoms with E-state index in [2.05, 4.69) is 118 Å². The Morgan fingerprint density at radius 2 is 0.609 bits per heavy atom. The van der Waals surface area contributed by atoms with Crippen LogP contribution in [-0.2, 0) is 55.8 Å². The number of phosphoric acid groups is 2. The molecule has 0 saturated carbocycles. The van der Waals surface area contributed by atoms with Crippen LogP contribution in [0.5, 0.6) is 0 Å². The molecule has 5 atom stereocenters. The molecule has 502 valence electrons. The van der Waals surface area contributed by atoms with E-state index in [4.69, 9.17) is 32.3 Å². The number of unbranched alkanes of at least 4 members (excludes halogenated alkanes) is 24. The number of aliphatic hydroxyl groups is 2. The minimum absolute atomic E-state index is 0.0906. The molecule has 0 aromatic carbocycles. The van der Waals surface area contributed by atoms with Gasteiger partial charge >= 0.3 is 33.6 Å². The molecular formula is C69H120O16P2. The zero-order chi connectivity index (χ0) is 63.8. The van der Waals surface area contributed by atoms with Crippen LogP contribution in [0, 0.1) is 0 Å². The van der Waals surface area contributed by atoms with Gasteiger partial charge in [0.15, 0.2) is 6.10 Å². The number of esters is 3. The van der Waals surface area contributed by atoms with E-state index in [-0.39, 0.29) is 19.3 Å².